The molecule has 0 spiro atoms. The van der Waals surface area contributed by atoms with Crippen molar-refractivity contribution >= 4 is 34.6 Å². The van der Waals surface area contributed by atoms with E-state index in [9.17, 15) is 0 Å². The zero-order chi connectivity index (χ0) is 14.5. The smallest absolute Gasteiger partial charge is 0.129 e. The summed E-state index contributed by atoms with van der Waals surface area (Å²) in [7, 11) is 3.24. The minimum absolute atomic E-state index is 0.248. The monoisotopic (exact) mass is 290 g/mol. The molecule has 0 aromatic carbocycles. The highest BCUT2D eigenvalue weighted by molar-refractivity contribution is 6.29. The molecule has 1 atom stereocenters. The first kappa shape index (κ1) is 14.6. The molecule has 0 aliphatic heterocycles. The molecule has 20 heavy (non-hydrogen) atoms. The van der Waals surface area contributed by atoms with E-state index in [2.05, 4.69) is 15.0 Å². The Morgan fingerprint density at radius 3 is 3.00 bits per heavy atom. The SMILES string of the molecule is CN=CC(C(=N)COC)c1cnc2ccc(Cl)nc2c1. The molecule has 0 bridgehead atoms. The van der Waals surface area contributed by atoms with Crippen LogP contribution in [-0.4, -0.2) is 42.7 Å². The Kier molecular flexibility index (Phi) is 4.76. The summed E-state index contributed by atoms with van der Waals surface area (Å²) in [6, 6.07) is 5.40. The van der Waals surface area contributed by atoms with Crippen LogP contribution < -0.4 is 0 Å². The molecule has 1 N–H and O–H groups in total. The summed E-state index contributed by atoms with van der Waals surface area (Å²) in [5.41, 5.74) is 2.74. The van der Waals surface area contributed by atoms with Gasteiger partial charge >= 0.3 is 0 Å². The molecule has 2 aromatic heterocycles. The van der Waals surface area contributed by atoms with Gasteiger partial charge in [-0.3, -0.25) is 9.98 Å². The van der Waals surface area contributed by atoms with E-state index in [1.807, 2.05) is 12.1 Å². The Balaban J connectivity index is 2.45. The quantitative estimate of drug-likeness (QED) is 0.680. The van der Waals surface area contributed by atoms with Gasteiger partial charge in [0, 0.05) is 32.3 Å². The minimum Gasteiger partial charge on any atom is -0.379 e. The van der Waals surface area contributed by atoms with Crippen LogP contribution in [0, 0.1) is 5.41 Å². The van der Waals surface area contributed by atoms with E-state index < -0.39 is 0 Å². The van der Waals surface area contributed by atoms with E-state index in [0.717, 1.165) is 11.1 Å². The van der Waals surface area contributed by atoms with Crippen LogP contribution in [0.1, 0.15) is 11.5 Å². The zero-order valence-electron chi connectivity index (χ0n) is 11.3. The maximum absolute atomic E-state index is 8.05. The highest BCUT2D eigenvalue weighted by atomic mass is 35.5. The molecule has 104 valence electrons. The standard InChI is InChI=1S/C14H15ClN4O/c1-17-7-10(11(16)8-20-2)9-5-13-12(18-6-9)3-4-14(15)19-13/h3-7,10,16H,8H2,1-2H3. The molecule has 2 rings (SSSR count). The summed E-state index contributed by atoms with van der Waals surface area (Å²) < 4.78 is 5.02. The van der Waals surface area contributed by atoms with Crippen molar-refractivity contribution in [1.29, 1.82) is 5.41 Å². The summed E-state index contributed by atoms with van der Waals surface area (Å²) >= 11 is 5.90. The van der Waals surface area contributed by atoms with E-state index in [1.165, 1.54) is 0 Å². The molecule has 2 heterocycles. The molecule has 0 saturated heterocycles. The third-order valence-corrected chi connectivity index (χ3v) is 3.07. The normalized spacial score (nSPS) is 12.9. The number of pyridine rings is 2. The van der Waals surface area contributed by atoms with E-state index in [0.29, 0.717) is 16.4 Å². The molecule has 2 aromatic rings. The maximum Gasteiger partial charge on any atom is 0.129 e. The summed E-state index contributed by atoms with van der Waals surface area (Å²) in [5, 5.41) is 8.47. The molecule has 0 radical (unpaired) electrons. The first-order chi connectivity index (χ1) is 9.65. The lowest BCUT2D eigenvalue weighted by Crippen LogP contribution is -2.18. The predicted octanol–water partition coefficient (Wildman–Crippen LogP) is 2.73. The lowest BCUT2D eigenvalue weighted by atomic mass is 9.96. The number of ether oxygens (including phenoxy) is 1. The van der Waals surface area contributed by atoms with Crippen LogP contribution >= 0.6 is 11.6 Å². The van der Waals surface area contributed by atoms with Gasteiger partial charge in [0.15, 0.2) is 0 Å². The largest absolute Gasteiger partial charge is 0.379 e. The molecule has 0 aliphatic rings. The number of nitrogens with zero attached hydrogens (tertiary/aromatic N) is 3. The van der Waals surface area contributed by atoms with Gasteiger partial charge in [-0.15, -0.1) is 0 Å². The molecular weight excluding hydrogens is 276 g/mol. The molecule has 0 aliphatic carbocycles. The Morgan fingerprint density at radius 2 is 2.30 bits per heavy atom. The number of halogens is 1. The van der Waals surface area contributed by atoms with Gasteiger partial charge in [-0.05, 0) is 23.8 Å². The molecule has 0 saturated carbocycles. The Labute approximate surface area is 122 Å². The van der Waals surface area contributed by atoms with Crippen molar-refractivity contribution < 1.29 is 4.74 Å². The van der Waals surface area contributed by atoms with Crippen molar-refractivity contribution in [3.8, 4) is 0 Å². The fraction of sp³-hybridized carbons (Fsp3) is 0.286. The first-order valence-electron chi connectivity index (χ1n) is 6.06. The van der Waals surface area contributed by atoms with Gasteiger partial charge in [0.25, 0.3) is 0 Å². The third-order valence-electron chi connectivity index (χ3n) is 2.86. The average molecular weight is 291 g/mol. The van der Waals surface area contributed by atoms with Gasteiger partial charge in [-0.25, -0.2) is 4.98 Å². The van der Waals surface area contributed by atoms with Crippen LogP contribution in [0.25, 0.3) is 11.0 Å². The second-order valence-electron chi connectivity index (χ2n) is 4.28. The summed E-state index contributed by atoms with van der Waals surface area (Å²) in [5.74, 6) is -0.266. The Bertz CT molecular complexity index is 657. The lowest BCUT2D eigenvalue weighted by Gasteiger charge is -2.13. The third kappa shape index (κ3) is 3.18. The Morgan fingerprint density at radius 1 is 1.50 bits per heavy atom. The maximum atomic E-state index is 8.05. The summed E-state index contributed by atoms with van der Waals surface area (Å²) in [6.45, 7) is 0.248. The summed E-state index contributed by atoms with van der Waals surface area (Å²) in [6.07, 6.45) is 3.43. The van der Waals surface area contributed by atoms with Crippen molar-refractivity contribution in [3.05, 3.63) is 35.1 Å². The van der Waals surface area contributed by atoms with Crippen LogP contribution in [-0.2, 0) is 4.74 Å². The van der Waals surface area contributed by atoms with E-state index in [1.54, 1.807) is 32.6 Å². The number of hydrogen-bond acceptors (Lipinski definition) is 5. The predicted molar refractivity (Wildman–Crippen MR) is 81.3 cm³/mol. The topological polar surface area (TPSA) is 71.2 Å². The van der Waals surface area contributed by atoms with Crippen molar-refractivity contribution in [2.45, 2.75) is 5.92 Å². The number of rotatable bonds is 5. The first-order valence-corrected chi connectivity index (χ1v) is 6.44. The molecule has 0 fully saturated rings. The zero-order valence-corrected chi connectivity index (χ0v) is 12.1. The van der Waals surface area contributed by atoms with E-state index in [-0.39, 0.29) is 12.5 Å². The number of aliphatic imine (C=N–C) groups is 1. The van der Waals surface area contributed by atoms with Crippen molar-refractivity contribution in [2.24, 2.45) is 4.99 Å². The highest BCUT2D eigenvalue weighted by Crippen LogP contribution is 2.20. The van der Waals surface area contributed by atoms with Crippen molar-refractivity contribution in [2.75, 3.05) is 20.8 Å². The van der Waals surface area contributed by atoms with Crippen LogP contribution in [0.5, 0.6) is 0 Å². The summed E-state index contributed by atoms with van der Waals surface area (Å²) in [4.78, 5) is 12.6. The van der Waals surface area contributed by atoms with Crippen molar-refractivity contribution in [1.82, 2.24) is 9.97 Å². The van der Waals surface area contributed by atoms with Gasteiger partial charge in [0.05, 0.1) is 23.6 Å². The van der Waals surface area contributed by atoms with Gasteiger partial charge in [-0.2, -0.15) is 0 Å². The van der Waals surface area contributed by atoms with Crippen LogP contribution in [0.4, 0.5) is 0 Å². The molecular formula is C14H15ClN4O. The fourth-order valence-electron chi connectivity index (χ4n) is 1.94. The average Bonchev–Trinajstić information content (AvgIpc) is 2.44. The van der Waals surface area contributed by atoms with Gasteiger partial charge in [-0.1, -0.05) is 11.6 Å². The molecule has 1 unspecified atom stereocenters. The van der Waals surface area contributed by atoms with Crippen LogP contribution in [0.3, 0.4) is 0 Å². The fourth-order valence-corrected chi connectivity index (χ4v) is 2.09. The number of methoxy groups -OCH3 is 1. The Hall–Kier alpha value is -1.85. The van der Waals surface area contributed by atoms with E-state index in [4.69, 9.17) is 21.7 Å². The highest BCUT2D eigenvalue weighted by Gasteiger charge is 2.16. The second kappa shape index (κ2) is 6.54. The number of fused-ring (bicyclic) bond motifs is 1. The number of nitrogens with one attached hydrogen (secondary N) is 1. The van der Waals surface area contributed by atoms with Gasteiger partial charge in [0.2, 0.25) is 0 Å². The minimum atomic E-state index is -0.266. The van der Waals surface area contributed by atoms with E-state index >= 15 is 0 Å². The molecule has 5 nitrogen and oxygen atoms in total. The van der Waals surface area contributed by atoms with Gasteiger partial charge in [0.1, 0.15) is 5.15 Å². The molecule has 0 amide bonds. The van der Waals surface area contributed by atoms with Gasteiger partial charge < -0.3 is 10.1 Å². The molecule has 6 heteroatoms. The number of hydrogen-bond donors (Lipinski definition) is 1. The lowest BCUT2D eigenvalue weighted by molar-refractivity contribution is 0.243. The van der Waals surface area contributed by atoms with Crippen LogP contribution in [0.15, 0.2) is 29.4 Å². The van der Waals surface area contributed by atoms with Crippen LogP contribution in [0.2, 0.25) is 5.15 Å². The van der Waals surface area contributed by atoms with Crippen molar-refractivity contribution in [3.63, 3.8) is 0 Å². The second-order valence-corrected chi connectivity index (χ2v) is 4.67. The number of aromatic nitrogens is 2.